The molecule has 11 rings (SSSR count). The largest absolute Gasteiger partial charge is 0.310 e. The van der Waals surface area contributed by atoms with Crippen LogP contribution in [0.1, 0.15) is 0 Å². The quantitative estimate of drug-likeness (QED) is 0.154. The van der Waals surface area contributed by atoms with Gasteiger partial charge in [-0.2, -0.15) is 0 Å². The molecule has 0 radical (unpaired) electrons. The average molecular weight is 724 g/mol. The van der Waals surface area contributed by atoms with E-state index in [-0.39, 0.29) is 0 Å². The normalized spacial score (nSPS) is 11.5. The lowest BCUT2D eigenvalue weighted by molar-refractivity contribution is 1.29. The summed E-state index contributed by atoms with van der Waals surface area (Å²) in [7, 11) is 0. The van der Waals surface area contributed by atoms with Gasteiger partial charge in [0.15, 0.2) is 0 Å². The van der Waals surface area contributed by atoms with Gasteiger partial charge in [0, 0.05) is 16.9 Å². The minimum absolute atomic E-state index is 1.09. The van der Waals surface area contributed by atoms with Gasteiger partial charge in [0.2, 0.25) is 0 Å². The number of hydrogen-bond acceptors (Lipinski definition) is 1. The predicted molar refractivity (Wildman–Crippen MR) is 245 cm³/mol. The van der Waals surface area contributed by atoms with Crippen LogP contribution in [-0.2, 0) is 0 Å². The van der Waals surface area contributed by atoms with Crippen molar-refractivity contribution in [2.24, 2.45) is 0 Å². The fraction of sp³-hybridized carbons (Fsp3) is 0. The van der Waals surface area contributed by atoms with Gasteiger partial charge in [0.1, 0.15) is 0 Å². The van der Waals surface area contributed by atoms with E-state index >= 15 is 0 Å². The minimum atomic E-state index is 1.09. The summed E-state index contributed by atoms with van der Waals surface area (Å²) in [4.78, 5) is 2.47. The van der Waals surface area contributed by atoms with Crippen LogP contribution in [0.25, 0.3) is 87.2 Å². The van der Waals surface area contributed by atoms with Crippen LogP contribution in [0, 0.1) is 0 Å². The first kappa shape index (κ1) is 32.9. The van der Waals surface area contributed by atoms with E-state index in [4.69, 9.17) is 0 Å². The number of nitrogens with zero attached hydrogens (tertiary/aromatic N) is 1. The fourth-order valence-corrected chi connectivity index (χ4v) is 8.87. The molecule has 0 spiro atoms. The first-order valence-corrected chi connectivity index (χ1v) is 19.7. The van der Waals surface area contributed by atoms with Crippen molar-refractivity contribution >= 4 is 70.9 Å². The van der Waals surface area contributed by atoms with Crippen molar-refractivity contribution in [2.75, 3.05) is 4.90 Å². The van der Waals surface area contributed by atoms with E-state index in [0.717, 1.165) is 17.1 Å². The Balaban J connectivity index is 1.21. The molecule has 0 unspecified atom stereocenters. The van der Waals surface area contributed by atoms with Crippen LogP contribution >= 0.6 is 0 Å². The summed E-state index contributed by atoms with van der Waals surface area (Å²) >= 11 is 0. The summed E-state index contributed by atoms with van der Waals surface area (Å²) in [6, 6.07) is 82.3. The molecule has 0 heterocycles. The highest BCUT2D eigenvalue weighted by atomic mass is 15.1. The molecule has 0 atom stereocenters. The molecule has 11 aromatic rings. The smallest absolute Gasteiger partial charge is 0.0546 e. The molecule has 1 heteroatoms. The molecule has 0 amide bonds. The van der Waals surface area contributed by atoms with Crippen molar-refractivity contribution < 1.29 is 0 Å². The van der Waals surface area contributed by atoms with Gasteiger partial charge in [-0.3, -0.25) is 0 Å². The van der Waals surface area contributed by atoms with Crippen LogP contribution in [0.3, 0.4) is 0 Å². The molecular formula is C56H37N. The third kappa shape index (κ3) is 5.72. The number of benzene rings is 11. The number of fused-ring (bicyclic) bond motifs is 8. The predicted octanol–water partition coefficient (Wildman–Crippen LogP) is 15.9. The van der Waals surface area contributed by atoms with Gasteiger partial charge in [-0.15, -0.1) is 0 Å². The van der Waals surface area contributed by atoms with Gasteiger partial charge in [-0.05, 0) is 124 Å². The number of rotatable bonds is 6. The Hall–Kier alpha value is -7.48. The molecule has 0 aromatic heterocycles. The molecule has 0 aliphatic rings. The van der Waals surface area contributed by atoms with Gasteiger partial charge in [0.05, 0.1) is 5.69 Å². The van der Waals surface area contributed by atoms with Crippen molar-refractivity contribution in [1.82, 2.24) is 0 Å². The summed E-state index contributed by atoms with van der Waals surface area (Å²) in [6.45, 7) is 0. The van der Waals surface area contributed by atoms with Crippen molar-refractivity contribution in [2.45, 2.75) is 0 Å². The molecule has 0 fully saturated rings. The highest BCUT2D eigenvalue weighted by Gasteiger charge is 2.22. The maximum absolute atomic E-state index is 2.47. The highest BCUT2D eigenvalue weighted by molar-refractivity contribution is 6.26. The summed E-state index contributed by atoms with van der Waals surface area (Å²) in [5.74, 6) is 0. The molecule has 1 nitrogen and oxygen atoms in total. The highest BCUT2D eigenvalue weighted by Crippen LogP contribution is 2.48. The SMILES string of the molecule is c1ccc(-c2ccc(N(c3ccc4c5ccccc5c5ccccc5c4c3)c3cccc(-c4ccc5ccccc5c4)c3-c3ccc4ccccc4c3)cc2)cc1. The zero-order valence-electron chi connectivity index (χ0n) is 31.3. The minimum Gasteiger partial charge on any atom is -0.310 e. The lowest BCUT2D eigenvalue weighted by Gasteiger charge is -2.30. The Morgan fingerprint density at radius 1 is 0.246 bits per heavy atom. The molecule has 0 saturated heterocycles. The Kier molecular flexibility index (Phi) is 7.89. The lowest BCUT2D eigenvalue weighted by atomic mass is 9.90. The van der Waals surface area contributed by atoms with Crippen LogP contribution in [0.5, 0.6) is 0 Å². The van der Waals surface area contributed by atoms with E-state index < -0.39 is 0 Å². The first-order valence-electron chi connectivity index (χ1n) is 19.7. The van der Waals surface area contributed by atoms with Gasteiger partial charge in [0.25, 0.3) is 0 Å². The van der Waals surface area contributed by atoms with Gasteiger partial charge in [-0.25, -0.2) is 0 Å². The molecule has 266 valence electrons. The summed E-state index contributed by atoms with van der Waals surface area (Å²) < 4.78 is 0. The lowest BCUT2D eigenvalue weighted by Crippen LogP contribution is -2.12. The third-order valence-corrected chi connectivity index (χ3v) is 11.6. The number of hydrogen-bond donors (Lipinski definition) is 0. The van der Waals surface area contributed by atoms with Crippen LogP contribution in [-0.4, -0.2) is 0 Å². The summed E-state index contributed by atoms with van der Waals surface area (Å²) in [6.07, 6.45) is 0. The maximum Gasteiger partial charge on any atom is 0.0546 e. The number of anilines is 3. The molecule has 0 N–H and O–H groups in total. The maximum atomic E-state index is 2.47. The molecule has 0 saturated carbocycles. The molecule has 0 bridgehead atoms. The van der Waals surface area contributed by atoms with Gasteiger partial charge < -0.3 is 4.90 Å². The van der Waals surface area contributed by atoms with E-state index in [1.54, 1.807) is 0 Å². The van der Waals surface area contributed by atoms with Crippen molar-refractivity contribution in [3.05, 3.63) is 224 Å². The second-order valence-corrected chi connectivity index (χ2v) is 14.9. The Bertz CT molecular complexity index is 3250. The first-order chi connectivity index (χ1) is 28.3. The second kappa shape index (κ2) is 13.7. The van der Waals surface area contributed by atoms with Gasteiger partial charge in [-0.1, -0.05) is 182 Å². The van der Waals surface area contributed by atoms with Crippen molar-refractivity contribution in [3.8, 4) is 33.4 Å². The van der Waals surface area contributed by atoms with Crippen LogP contribution in [0.4, 0.5) is 17.1 Å². The Morgan fingerprint density at radius 3 is 1.37 bits per heavy atom. The molecular weight excluding hydrogens is 687 g/mol. The molecule has 11 aromatic carbocycles. The Morgan fingerprint density at radius 2 is 0.719 bits per heavy atom. The standard InChI is InChI=1S/C56H37N/c1-2-13-38(14-3-1)41-29-31-46(32-30-41)57(47-33-34-53-51-21-9-8-19-49(51)50-20-10-11-22-52(50)54(53)37-47)55-24-12-23-48(44-27-25-39-15-4-6-17-42(39)35-44)56(55)45-28-26-40-16-5-7-18-43(40)36-45/h1-37H. The average Bonchev–Trinajstić information content (AvgIpc) is 3.29. The Labute approximate surface area is 332 Å². The summed E-state index contributed by atoms with van der Waals surface area (Å²) in [5, 5.41) is 12.5. The molecule has 0 aliphatic heterocycles. The van der Waals surface area contributed by atoms with Crippen LogP contribution < -0.4 is 4.90 Å². The topological polar surface area (TPSA) is 3.24 Å². The monoisotopic (exact) mass is 723 g/mol. The third-order valence-electron chi connectivity index (χ3n) is 11.6. The molecule has 57 heavy (non-hydrogen) atoms. The fourth-order valence-electron chi connectivity index (χ4n) is 8.87. The van der Waals surface area contributed by atoms with Gasteiger partial charge >= 0.3 is 0 Å². The molecule has 0 aliphatic carbocycles. The van der Waals surface area contributed by atoms with E-state index in [0.29, 0.717) is 0 Å². The van der Waals surface area contributed by atoms with E-state index in [2.05, 4.69) is 229 Å². The van der Waals surface area contributed by atoms with E-state index in [1.807, 2.05) is 0 Å². The van der Waals surface area contributed by atoms with E-state index in [9.17, 15) is 0 Å². The van der Waals surface area contributed by atoms with Crippen molar-refractivity contribution in [3.63, 3.8) is 0 Å². The van der Waals surface area contributed by atoms with E-state index in [1.165, 1.54) is 87.2 Å². The second-order valence-electron chi connectivity index (χ2n) is 14.9. The zero-order chi connectivity index (χ0) is 37.7. The van der Waals surface area contributed by atoms with Crippen LogP contribution in [0.15, 0.2) is 224 Å². The summed E-state index contributed by atoms with van der Waals surface area (Å²) in [5.41, 5.74) is 10.5. The van der Waals surface area contributed by atoms with Crippen LogP contribution in [0.2, 0.25) is 0 Å². The zero-order valence-corrected chi connectivity index (χ0v) is 31.3. The van der Waals surface area contributed by atoms with Crippen molar-refractivity contribution in [1.29, 1.82) is 0 Å².